The molecule has 20 heavy (non-hydrogen) atoms. The molecule has 1 saturated heterocycles. The third-order valence-corrected chi connectivity index (χ3v) is 4.92. The summed E-state index contributed by atoms with van der Waals surface area (Å²) in [4.78, 5) is 2.59. The standard InChI is InChI=1S/C17H26N2O/c1-13-10-19(11-14(2)20-13)17(12-18)9-5-7-15-6-3-4-8-16(15)17/h3-4,6,8,13-14H,5,7,9-12,18H2,1-2H3/t13-,14+,17?. The highest BCUT2D eigenvalue weighted by molar-refractivity contribution is 5.37. The molecule has 1 unspecified atom stereocenters. The summed E-state index contributed by atoms with van der Waals surface area (Å²) < 4.78 is 5.90. The van der Waals surface area contributed by atoms with E-state index in [2.05, 4.69) is 43.0 Å². The highest BCUT2D eigenvalue weighted by atomic mass is 16.5. The fraction of sp³-hybridized carbons (Fsp3) is 0.647. The minimum Gasteiger partial charge on any atom is -0.373 e. The highest BCUT2D eigenvalue weighted by Crippen LogP contribution is 2.40. The number of hydrogen-bond acceptors (Lipinski definition) is 3. The molecule has 1 fully saturated rings. The number of morpholine rings is 1. The van der Waals surface area contributed by atoms with E-state index >= 15 is 0 Å². The number of ether oxygens (including phenoxy) is 1. The van der Waals surface area contributed by atoms with Crippen LogP contribution in [0, 0.1) is 0 Å². The molecule has 2 aliphatic rings. The van der Waals surface area contributed by atoms with Gasteiger partial charge in [-0.1, -0.05) is 24.3 Å². The Balaban J connectivity index is 2.00. The van der Waals surface area contributed by atoms with Gasteiger partial charge >= 0.3 is 0 Å². The molecule has 1 aromatic rings. The van der Waals surface area contributed by atoms with E-state index in [1.165, 1.54) is 30.4 Å². The van der Waals surface area contributed by atoms with E-state index in [4.69, 9.17) is 10.5 Å². The monoisotopic (exact) mass is 274 g/mol. The van der Waals surface area contributed by atoms with Gasteiger partial charge in [0.2, 0.25) is 0 Å². The second-order valence-corrected chi connectivity index (χ2v) is 6.41. The van der Waals surface area contributed by atoms with Crippen LogP contribution in [0.5, 0.6) is 0 Å². The molecule has 3 nitrogen and oxygen atoms in total. The van der Waals surface area contributed by atoms with Crippen molar-refractivity contribution in [1.29, 1.82) is 0 Å². The van der Waals surface area contributed by atoms with Crippen molar-refractivity contribution in [3.05, 3.63) is 35.4 Å². The summed E-state index contributed by atoms with van der Waals surface area (Å²) >= 11 is 0. The largest absolute Gasteiger partial charge is 0.373 e. The number of fused-ring (bicyclic) bond motifs is 1. The van der Waals surface area contributed by atoms with Gasteiger partial charge < -0.3 is 10.5 Å². The summed E-state index contributed by atoms with van der Waals surface area (Å²) in [5.74, 6) is 0. The van der Waals surface area contributed by atoms with E-state index in [0.29, 0.717) is 6.54 Å². The van der Waals surface area contributed by atoms with Gasteiger partial charge in [0.25, 0.3) is 0 Å². The second kappa shape index (κ2) is 5.47. The SMILES string of the molecule is C[C@@H]1CN(C2(CN)CCCc3ccccc32)C[C@H](C)O1. The molecule has 1 aliphatic heterocycles. The molecule has 0 radical (unpaired) electrons. The van der Waals surface area contributed by atoms with Gasteiger partial charge in [-0.25, -0.2) is 0 Å². The van der Waals surface area contributed by atoms with E-state index in [1.54, 1.807) is 0 Å². The Labute approximate surface area is 122 Å². The fourth-order valence-corrected chi connectivity index (χ4v) is 4.10. The first kappa shape index (κ1) is 14.1. The van der Waals surface area contributed by atoms with Gasteiger partial charge in [0, 0.05) is 19.6 Å². The number of benzene rings is 1. The summed E-state index contributed by atoms with van der Waals surface area (Å²) in [5, 5.41) is 0. The minimum absolute atomic E-state index is 0.0150. The molecule has 0 spiro atoms. The van der Waals surface area contributed by atoms with Crippen molar-refractivity contribution < 1.29 is 4.74 Å². The summed E-state index contributed by atoms with van der Waals surface area (Å²) in [5.41, 5.74) is 9.24. The van der Waals surface area contributed by atoms with Crippen LogP contribution < -0.4 is 5.73 Å². The molecule has 3 heteroatoms. The zero-order chi connectivity index (χ0) is 14.2. The van der Waals surface area contributed by atoms with E-state index in [-0.39, 0.29) is 17.7 Å². The molecule has 110 valence electrons. The van der Waals surface area contributed by atoms with Crippen LogP contribution in [0.2, 0.25) is 0 Å². The van der Waals surface area contributed by atoms with Crippen molar-refractivity contribution in [3.8, 4) is 0 Å². The van der Waals surface area contributed by atoms with Crippen LogP contribution in [0.3, 0.4) is 0 Å². The van der Waals surface area contributed by atoms with Gasteiger partial charge in [-0.2, -0.15) is 0 Å². The Morgan fingerprint density at radius 2 is 1.95 bits per heavy atom. The van der Waals surface area contributed by atoms with Crippen LogP contribution in [0.1, 0.15) is 37.8 Å². The second-order valence-electron chi connectivity index (χ2n) is 6.41. The Hall–Kier alpha value is -0.900. The van der Waals surface area contributed by atoms with Crippen molar-refractivity contribution in [2.24, 2.45) is 5.73 Å². The molecule has 3 rings (SSSR count). The fourth-order valence-electron chi connectivity index (χ4n) is 4.10. The van der Waals surface area contributed by atoms with Crippen molar-refractivity contribution in [3.63, 3.8) is 0 Å². The Bertz CT molecular complexity index is 466. The van der Waals surface area contributed by atoms with E-state index < -0.39 is 0 Å². The van der Waals surface area contributed by atoms with Gasteiger partial charge in [-0.15, -0.1) is 0 Å². The predicted octanol–water partition coefficient (Wildman–Crippen LogP) is 2.29. The zero-order valence-electron chi connectivity index (χ0n) is 12.6. The number of nitrogens with zero attached hydrogens (tertiary/aromatic N) is 1. The summed E-state index contributed by atoms with van der Waals surface area (Å²) in [7, 11) is 0. The van der Waals surface area contributed by atoms with Crippen molar-refractivity contribution in [1.82, 2.24) is 4.90 Å². The number of rotatable bonds is 2. The van der Waals surface area contributed by atoms with Gasteiger partial charge in [0.15, 0.2) is 0 Å². The molecular weight excluding hydrogens is 248 g/mol. The van der Waals surface area contributed by atoms with Crippen molar-refractivity contribution in [2.75, 3.05) is 19.6 Å². The molecule has 0 bridgehead atoms. The maximum Gasteiger partial charge on any atom is 0.0678 e. The van der Waals surface area contributed by atoms with E-state index in [1.807, 2.05) is 0 Å². The first-order chi connectivity index (χ1) is 9.65. The third kappa shape index (κ3) is 2.28. The van der Waals surface area contributed by atoms with Crippen LogP contribution >= 0.6 is 0 Å². The topological polar surface area (TPSA) is 38.5 Å². The molecule has 1 heterocycles. The van der Waals surface area contributed by atoms with Gasteiger partial charge in [0.05, 0.1) is 17.7 Å². The lowest BCUT2D eigenvalue weighted by atomic mass is 9.74. The maximum atomic E-state index is 6.29. The summed E-state index contributed by atoms with van der Waals surface area (Å²) in [6, 6.07) is 8.86. The first-order valence-corrected chi connectivity index (χ1v) is 7.84. The zero-order valence-corrected chi connectivity index (χ0v) is 12.6. The van der Waals surface area contributed by atoms with E-state index in [0.717, 1.165) is 13.1 Å². The molecule has 2 N–H and O–H groups in total. The van der Waals surface area contributed by atoms with Crippen molar-refractivity contribution >= 4 is 0 Å². The lowest BCUT2D eigenvalue weighted by molar-refractivity contribution is -0.106. The molecular formula is C17H26N2O. The van der Waals surface area contributed by atoms with Crippen LogP contribution in [0.25, 0.3) is 0 Å². The lowest BCUT2D eigenvalue weighted by Crippen LogP contribution is -2.59. The molecule has 3 atom stereocenters. The predicted molar refractivity (Wildman–Crippen MR) is 81.7 cm³/mol. The first-order valence-electron chi connectivity index (χ1n) is 7.84. The molecule has 1 aliphatic carbocycles. The Kier molecular flexibility index (Phi) is 3.85. The number of nitrogens with two attached hydrogens (primary N) is 1. The average Bonchev–Trinajstić information content (AvgIpc) is 2.45. The number of hydrogen-bond donors (Lipinski definition) is 1. The maximum absolute atomic E-state index is 6.29. The molecule has 0 aromatic heterocycles. The molecule has 1 aromatic carbocycles. The van der Waals surface area contributed by atoms with E-state index in [9.17, 15) is 0 Å². The van der Waals surface area contributed by atoms with Crippen LogP contribution in [-0.4, -0.2) is 36.7 Å². The summed E-state index contributed by atoms with van der Waals surface area (Å²) in [6.45, 7) is 7.00. The van der Waals surface area contributed by atoms with Crippen LogP contribution in [0.4, 0.5) is 0 Å². The minimum atomic E-state index is 0.0150. The van der Waals surface area contributed by atoms with Gasteiger partial charge in [0.1, 0.15) is 0 Å². The molecule has 0 amide bonds. The third-order valence-electron chi connectivity index (χ3n) is 4.92. The van der Waals surface area contributed by atoms with Crippen LogP contribution in [0.15, 0.2) is 24.3 Å². The normalized spacial score (nSPS) is 34.8. The van der Waals surface area contributed by atoms with Gasteiger partial charge in [-0.05, 0) is 44.2 Å². The number of aryl methyl sites for hydroxylation is 1. The summed E-state index contributed by atoms with van der Waals surface area (Å²) in [6.07, 6.45) is 4.16. The Morgan fingerprint density at radius 3 is 2.65 bits per heavy atom. The quantitative estimate of drug-likeness (QED) is 0.899. The highest BCUT2D eigenvalue weighted by Gasteiger charge is 2.43. The lowest BCUT2D eigenvalue weighted by Gasteiger charge is -2.51. The smallest absolute Gasteiger partial charge is 0.0678 e. The van der Waals surface area contributed by atoms with Crippen molar-refractivity contribution in [2.45, 2.75) is 50.9 Å². The molecule has 0 saturated carbocycles. The van der Waals surface area contributed by atoms with Gasteiger partial charge in [-0.3, -0.25) is 4.90 Å². The Morgan fingerprint density at radius 1 is 1.25 bits per heavy atom. The van der Waals surface area contributed by atoms with Crippen LogP contribution in [-0.2, 0) is 16.7 Å². The average molecular weight is 274 g/mol.